The summed E-state index contributed by atoms with van der Waals surface area (Å²) in [7, 11) is 1.60. The van der Waals surface area contributed by atoms with Gasteiger partial charge in [0.1, 0.15) is 0 Å². The van der Waals surface area contributed by atoms with Crippen molar-refractivity contribution in [1.29, 1.82) is 0 Å². The Morgan fingerprint density at radius 1 is 1.25 bits per heavy atom. The molecule has 7 heteroatoms. The van der Waals surface area contributed by atoms with E-state index < -0.39 is 0 Å². The number of amides is 3. The number of ether oxygens (including phenoxy) is 1. The number of aryl methyl sites for hydroxylation is 1. The number of hydrogen-bond acceptors (Lipinski definition) is 3. The minimum Gasteiger partial charge on any atom is -0.383 e. The summed E-state index contributed by atoms with van der Waals surface area (Å²) < 4.78 is 4.98. The molecule has 2 atom stereocenters. The smallest absolute Gasteiger partial charge is 0.322 e. The van der Waals surface area contributed by atoms with Crippen LogP contribution in [0.15, 0.2) is 12.1 Å². The van der Waals surface area contributed by atoms with E-state index in [0.717, 1.165) is 42.5 Å². The summed E-state index contributed by atoms with van der Waals surface area (Å²) >= 11 is 6.35. The normalized spacial score (nSPS) is 19.4. The number of carbonyl (C=O) groups excluding carboxylic acids is 2. The van der Waals surface area contributed by atoms with Gasteiger partial charge in [0.15, 0.2) is 0 Å². The van der Waals surface area contributed by atoms with Crippen LogP contribution in [-0.4, -0.2) is 49.7 Å². The van der Waals surface area contributed by atoms with Crippen LogP contribution in [0, 0.1) is 5.92 Å². The first kappa shape index (κ1) is 22.5. The molecule has 3 amide bonds. The first-order valence-corrected chi connectivity index (χ1v) is 10.4. The molecule has 1 heterocycles. The highest BCUT2D eigenvalue weighted by Crippen LogP contribution is 2.31. The minimum absolute atomic E-state index is 0.0204. The lowest BCUT2D eigenvalue weighted by Crippen LogP contribution is -2.51. The number of methoxy groups -OCH3 is 1. The molecule has 1 aromatic rings. The Labute approximate surface area is 172 Å². The quantitative estimate of drug-likeness (QED) is 0.672. The van der Waals surface area contributed by atoms with Gasteiger partial charge in [-0.15, -0.1) is 0 Å². The number of likely N-dealkylation sites (tertiary alicyclic amines) is 1. The lowest BCUT2D eigenvalue weighted by atomic mass is 9.93. The zero-order chi connectivity index (χ0) is 20.7. The van der Waals surface area contributed by atoms with Gasteiger partial charge in [-0.1, -0.05) is 31.5 Å². The van der Waals surface area contributed by atoms with E-state index in [1.807, 2.05) is 26.0 Å². The number of piperidine rings is 1. The van der Waals surface area contributed by atoms with Crippen molar-refractivity contribution in [3.8, 4) is 0 Å². The van der Waals surface area contributed by atoms with Crippen molar-refractivity contribution in [2.75, 3.05) is 32.1 Å². The van der Waals surface area contributed by atoms with Crippen LogP contribution >= 0.6 is 11.6 Å². The zero-order valence-electron chi connectivity index (χ0n) is 17.3. The van der Waals surface area contributed by atoms with Crippen molar-refractivity contribution in [2.45, 2.75) is 52.5 Å². The predicted molar refractivity (Wildman–Crippen MR) is 113 cm³/mol. The fourth-order valence-corrected chi connectivity index (χ4v) is 3.96. The van der Waals surface area contributed by atoms with Crippen LogP contribution in [0.1, 0.15) is 44.7 Å². The molecule has 1 aromatic carbocycles. The van der Waals surface area contributed by atoms with E-state index in [0.29, 0.717) is 24.7 Å². The second-order valence-electron chi connectivity index (χ2n) is 7.26. The number of nitrogens with one attached hydrogen (secondary N) is 2. The number of anilines is 1. The number of nitrogens with zero attached hydrogens (tertiary/aromatic N) is 1. The third kappa shape index (κ3) is 5.39. The molecule has 28 heavy (non-hydrogen) atoms. The highest BCUT2D eigenvalue weighted by Gasteiger charge is 2.33. The second-order valence-corrected chi connectivity index (χ2v) is 7.66. The summed E-state index contributed by atoms with van der Waals surface area (Å²) in [5.74, 6) is -0.220. The standard InChI is InChI=1S/C21H32ClN3O3/c1-5-15-9-10-18(22)17(6-2)19(15)24-21(27)25-13-16(8-7-14(25)3)20(26)23-11-12-28-4/h9-10,14,16H,5-8,11-13H2,1-4H3,(H,23,26)(H,24,27)/t14-,16-/m0/s1. The average Bonchev–Trinajstić information content (AvgIpc) is 2.68. The Hall–Kier alpha value is -1.79. The second kappa shape index (κ2) is 10.7. The van der Waals surface area contributed by atoms with Crippen LogP contribution < -0.4 is 10.6 Å². The SMILES string of the molecule is CCc1ccc(Cl)c(CC)c1NC(=O)N1C[C@@H](C(=O)NCCOC)CC[C@@H]1C. The molecule has 2 N–H and O–H groups in total. The summed E-state index contributed by atoms with van der Waals surface area (Å²) in [6.07, 6.45) is 3.12. The number of rotatable bonds is 7. The molecule has 0 aliphatic carbocycles. The van der Waals surface area contributed by atoms with Crippen LogP contribution in [-0.2, 0) is 22.4 Å². The van der Waals surface area contributed by atoms with Crippen LogP contribution in [0.4, 0.5) is 10.5 Å². The molecule has 2 rings (SSSR count). The van der Waals surface area contributed by atoms with Gasteiger partial charge in [0.2, 0.25) is 5.91 Å². The summed E-state index contributed by atoms with van der Waals surface area (Å²) in [5.41, 5.74) is 2.82. The number of halogens is 1. The number of urea groups is 1. The van der Waals surface area contributed by atoms with E-state index in [2.05, 4.69) is 17.6 Å². The van der Waals surface area contributed by atoms with E-state index in [1.54, 1.807) is 12.0 Å². The van der Waals surface area contributed by atoms with Gasteiger partial charge < -0.3 is 20.3 Å². The summed E-state index contributed by atoms with van der Waals surface area (Å²) in [6, 6.07) is 3.76. The Morgan fingerprint density at radius 3 is 2.64 bits per heavy atom. The van der Waals surface area contributed by atoms with Crippen LogP contribution in [0.2, 0.25) is 5.02 Å². The van der Waals surface area contributed by atoms with Gasteiger partial charge in [0.25, 0.3) is 0 Å². The molecule has 6 nitrogen and oxygen atoms in total. The van der Waals surface area contributed by atoms with E-state index in [-0.39, 0.29) is 23.9 Å². The molecule has 156 valence electrons. The third-order valence-corrected chi connectivity index (χ3v) is 5.78. The minimum atomic E-state index is -0.200. The average molecular weight is 410 g/mol. The van der Waals surface area contributed by atoms with Gasteiger partial charge in [-0.3, -0.25) is 4.79 Å². The Balaban J connectivity index is 2.12. The summed E-state index contributed by atoms with van der Waals surface area (Å²) in [5, 5.41) is 6.63. The zero-order valence-corrected chi connectivity index (χ0v) is 18.1. The van der Waals surface area contributed by atoms with Gasteiger partial charge in [-0.25, -0.2) is 4.79 Å². The largest absolute Gasteiger partial charge is 0.383 e. The fraction of sp³-hybridized carbons (Fsp3) is 0.619. The maximum absolute atomic E-state index is 13.1. The topological polar surface area (TPSA) is 70.7 Å². The van der Waals surface area contributed by atoms with Crippen LogP contribution in [0.3, 0.4) is 0 Å². The first-order valence-electron chi connectivity index (χ1n) is 10.1. The molecule has 0 spiro atoms. The molecule has 0 radical (unpaired) electrons. The molecule has 0 aromatic heterocycles. The van der Waals surface area contributed by atoms with Gasteiger partial charge >= 0.3 is 6.03 Å². The molecular formula is C21H32ClN3O3. The van der Waals surface area contributed by atoms with Crippen molar-refractivity contribution < 1.29 is 14.3 Å². The van der Waals surface area contributed by atoms with Crippen LogP contribution in [0.25, 0.3) is 0 Å². The van der Waals surface area contributed by atoms with E-state index in [9.17, 15) is 9.59 Å². The Kier molecular flexibility index (Phi) is 8.58. The maximum atomic E-state index is 13.1. The molecule has 1 aliphatic heterocycles. The first-order chi connectivity index (χ1) is 13.4. The van der Waals surface area contributed by atoms with Crippen molar-refractivity contribution in [3.63, 3.8) is 0 Å². The number of carbonyl (C=O) groups is 2. The molecule has 0 bridgehead atoms. The van der Waals surface area contributed by atoms with Gasteiger partial charge in [0.05, 0.1) is 18.2 Å². The highest BCUT2D eigenvalue weighted by atomic mass is 35.5. The summed E-state index contributed by atoms with van der Waals surface area (Å²) in [4.78, 5) is 27.3. The van der Waals surface area contributed by atoms with Crippen molar-refractivity contribution >= 4 is 29.2 Å². The molecule has 0 saturated carbocycles. The predicted octanol–water partition coefficient (Wildman–Crippen LogP) is 3.86. The molecule has 1 fully saturated rings. The Bertz CT molecular complexity index is 696. The molecular weight excluding hydrogens is 378 g/mol. The van der Waals surface area contributed by atoms with Gasteiger partial charge in [-0.05, 0) is 49.8 Å². The van der Waals surface area contributed by atoms with E-state index in [4.69, 9.17) is 16.3 Å². The monoisotopic (exact) mass is 409 g/mol. The number of benzene rings is 1. The van der Waals surface area contributed by atoms with Crippen molar-refractivity contribution in [3.05, 3.63) is 28.3 Å². The van der Waals surface area contributed by atoms with Gasteiger partial charge in [0, 0.05) is 31.3 Å². The van der Waals surface area contributed by atoms with Crippen molar-refractivity contribution in [2.24, 2.45) is 5.92 Å². The molecule has 1 saturated heterocycles. The highest BCUT2D eigenvalue weighted by molar-refractivity contribution is 6.32. The summed E-state index contributed by atoms with van der Waals surface area (Å²) in [6.45, 7) is 7.49. The van der Waals surface area contributed by atoms with Gasteiger partial charge in [-0.2, -0.15) is 0 Å². The maximum Gasteiger partial charge on any atom is 0.322 e. The molecule has 1 aliphatic rings. The number of hydrogen-bond donors (Lipinski definition) is 2. The lowest BCUT2D eigenvalue weighted by molar-refractivity contribution is -0.126. The lowest BCUT2D eigenvalue weighted by Gasteiger charge is -2.37. The van der Waals surface area contributed by atoms with E-state index in [1.165, 1.54) is 0 Å². The van der Waals surface area contributed by atoms with Crippen LogP contribution in [0.5, 0.6) is 0 Å². The third-order valence-electron chi connectivity index (χ3n) is 5.43. The van der Waals surface area contributed by atoms with Crippen molar-refractivity contribution in [1.82, 2.24) is 10.2 Å². The van der Waals surface area contributed by atoms with E-state index >= 15 is 0 Å². The molecule has 0 unspecified atom stereocenters. The Morgan fingerprint density at radius 2 is 2.00 bits per heavy atom. The fourth-order valence-electron chi connectivity index (χ4n) is 3.67.